The number of fused-ring (bicyclic) bond motifs is 1. The summed E-state index contributed by atoms with van der Waals surface area (Å²) in [4.78, 5) is 0.293. The van der Waals surface area contributed by atoms with Crippen LogP contribution in [0.15, 0.2) is 35.2 Å². The Morgan fingerprint density at radius 1 is 1.22 bits per heavy atom. The van der Waals surface area contributed by atoms with E-state index in [2.05, 4.69) is 0 Å². The van der Waals surface area contributed by atoms with Crippen LogP contribution in [-0.4, -0.2) is 20.6 Å². The molecule has 0 aliphatic carbocycles. The van der Waals surface area contributed by atoms with Crippen LogP contribution in [0.25, 0.3) is 0 Å². The minimum Gasteiger partial charge on any atom is -0.423 e. The molecule has 0 radical (unpaired) electrons. The van der Waals surface area contributed by atoms with Crippen molar-refractivity contribution in [1.82, 2.24) is 0 Å². The maximum atomic E-state index is 12.7. The van der Waals surface area contributed by atoms with E-state index in [1.807, 2.05) is 0 Å². The predicted octanol–water partition coefficient (Wildman–Crippen LogP) is 1.08. The molecule has 0 saturated carbocycles. The molecule has 2 aromatic rings. The van der Waals surface area contributed by atoms with E-state index in [9.17, 15) is 13.4 Å². The van der Waals surface area contributed by atoms with Gasteiger partial charge in [-0.2, -0.15) is 0 Å². The van der Waals surface area contributed by atoms with Crippen LogP contribution in [0, 0.1) is 13.8 Å². The molecule has 2 aromatic carbocycles. The van der Waals surface area contributed by atoms with E-state index in [4.69, 9.17) is 10.4 Å². The van der Waals surface area contributed by atoms with Crippen LogP contribution in [0.1, 0.15) is 22.3 Å². The lowest BCUT2D eigenvalue weighted by molar-refractivity contribution is 0.275. The summed E-state index contributed by atoms with van der Waals surface area (Å²) in [5.74, 6) is -0.128. The van der Waals surface area contributed by atoms with Gasteiger partial charge in [0.2, 0.25) is 0 Å². The SMILES string of the molecule is Cc1cc(S(=O)(=O)Cc2ccc3c(c2)B(O)OC3)c(C)cc1N. The van der Waals surface area contributed by atoms with E-state index >= 15 is 0 Å². The van der Waals surface area contributed by atoms with Crippen LogP contribution in [0.3, 0.4) is 0 Å². The Bertz CT molecular complexity index is 880. The molecule has 0 atom stereocenters. The van der Waals surface area contributed by atoms with Crippen LogP contribution in [0.2, 0.25) is 0 Å². The molecule has 7 heteroatoms. The van der Waals surface area contributed by atoms with E-state index in [1.54, 1.807) is 44.2 Å². The van der Waals surface area contributed by atoms with Crippen molar-refractivity contribution in [1.29, 1.82) is 0 Å². The zero-order valence-corrected chi connectivity index (χ0v) is 13.9. The Morgan fingerprint density at radius 2 is 1.96 bits per heavy atom. The third kappa shape index (κ3) is 2.99. The highest BCUT2D eigenvalue weighted by Crippen LogP contribution is 2.25. The van der Waals surface area contributed by atoms with Gasteiger partial charge in [0.25, 0.3) is 0 Å². The lowest BCUT2D eigenvalue weighted by Gasteiger charge is -2.11. The minimum atomic E-state index is -3.50. The monoisotopic (exact) mass is 331 g/mol. The van der Waals surface area contributed by atoms with E-state index in [0.29, 0.717) is 33.8 Å². The molecular weight excluding hydrogens is 313 g/mol. The lowest BCUT2D eigenvalue weighted by atomic mass is 9.79. The van der Waals surface area contributed by atoms with Gasteiger partial charge in [0.1, 0.15) is 0 Å². The summed E-state index contributed by atoms with van der Waals surface area (Å²) in [7, 11) is -4.47. The molecular formula is C16H18BNO4S. The fourth-order valence-corrected chi connectivity index (χ4v) is 4.48. The van der Waals surface area contributed by atoms with Crippen LogP contribution in [0.5, 0.6) is 0 Å². The standard InChI is InChI=1S/C16H18BNO4S/c1-10-6-16(11(2)5-15(10)18)23(20,21)9-12-3-4-13-8-22-17(19)14(13)7-12/h3-7,19H,8-9,18H2,1-2H3. The summed E-state index contributed by atoms with van der Waals surface area (Å²) in [6.07, 6.45) is 0. The van der Waals surface area contributed by atoms with Crippen molar-refractivity contribution < 1.29 is 18.1 Å². The van der Waals surface area contributed by atoms with Crippen molar-refractivity contribution in [3.05, 3.63) is 52.6 Å². The highest BCUT2D eigenvalue weighted by Gasteiger charge is 2.28. The van der Waals surface area contributed by atoms with Gasteiger partial charge in [-0.05, 0) is 53.7 Å². The zero-order valence-electron chi connectivity index (χ0n) is 13.0. The van der Waals surface area contributed by atoms with Gasteiger partial charge >= 0.3 is 7.12 Å². The molecule has 1 aliphatic rings. The molecule has 0 amide bonds. The Hall–Kier alpha value is -1.83. The molecule has 0 saturated heterocycles. The molecule has 0 fully saturated rings. The molecule has 120 valence electrons. The van der Waals surface area contributed by atoms with Crippen LogP contribution >= 0.6 is 0 Å². The molecule has 5 nitrogen and oxygen atoms in total. The Morgan fingerprint density at radius 3 is 2.70 bits per heavy atom. The number of benzene rings is 2. The summed E-state index contributed by atoms with van der Waals surface area (Å²) in [5, 5.41) is 9.75. The second kappa shape index (κ2) is 5.67. The summed E-state index contributed by atoms with van der Waals surface area (Å²) in [6, 6.07) is 8.56. The Balaban J connectivity index is 1.96. The fraction of sp³-hybridized carbons (Fsp3) is 0.250. The van der Waals surface area contributed by atoms with Gasteiger partial charge in [-0.3, -0.25) is 0 Å². The van der Waals surface area contributed by atoms with Gasteiger partial charge in [-0.1, -0.05) is 18.2 Å². The summed E-state index contributed by atoms with van der Waals surface area (Å²) in [6.45, 7) is 3.87. The average Bonchev–Trinajstić information content (AvgIpc) is 2.83. The third-order valence-corrected chi connectivity index (χ3v) is 5.95. The van der Waals surface area contributed by atoms with Crippen LogP contribution < -0.4 is 11.2 Å². The molecule has 0 unspecified atom stereocenters. The van der Waals surface area contributed by atoms with Gasteiger partial charge in [0.05, 0.1) is 17.3 Å². The number of hydrogen-bond donors (Lipinski definition) is 2. The predicted molar refractivity (Wildman–Crippen MR) is 90.1 cm³/mol. The van der Waals surface area contributed by atoms with Gasteiger partial charge < -0.3 is 15.4 Å². The Labute approximate surface area is 136 Å². The molecule has 3 N–H and O–H groups in total. The molecule has 3 rings (SSSR count). The maximum absolute atomic E-state index is 12.7. The smallest absolute Gasteiger partial charge is 0.423 e. The molecule has 23 heavy (non-hydrogen) atoms. The van der Waals surface area contributed by atoms with E-state index in [1.165, 1.54) is 0 Å². The first-order chi connectivity index (χ1) is 10.8. The van der Waals surface area contributed by atoms with Gasteiger partial charge in [-0.25, -0.2) is 8.42 Å². The van der Waals surface area contributed by atoms with Gasteiger partial charge in [0.15, 0.2) is 9.84 Å². The first-order valence-corrected chi connectivity index (χ1v) is 8.94. The fourth-order valence-electron chi connectivity index (χ4n) is 2.80. The maximum Gasteiger partial charge on any atom is 0.491 e. The number of hydrogen-bond acceptors (Lipinski definition) is 5. The molecule has 0 aromatic heterocycles. The van der Waals surface area contributed by atoms with E-state index in [-0.39, 0.29) is 5.75 Å². The van der Waals surface area contributed by atoms with Crippen LogP contribution in [-0.2, 0) is 26.9 Å². The summed E-state index contributed by atoms with van der Waals surface area (Å²) < 4.78 is 30.6. The molecule has 0 bridgehead atoms. The number of aryl methyl sites for hydroxylation is 2. The second-order valence-electron chi connectivity index (χ2n) is 5.93. The normalized spacial score (nSPS) is 14.1. The lowest BCUT2D eigenvalue weighted by Crippen LogP contribution is -2.28. The minimum absolute atomic E-state index is 0.128. The number of sulfone groups is 1. The van der Waals surface area contributed by atoms with Crippen molar-refractivity contribution in [3.63, 3.8) is 0 Å². The quantitative estimate of drug-likeness (QED) is 0.649. The zero-order chi connectivity index (χ0) is 16.8. The van der Waals surface area contributed by atoms with Crippen molar-refractivity contribution in [2.75, 3.05) is 5.73 Å². The largest absolute Gasteiger partial charge is 0.491 e. The molecule has 1 heterocycles. The van der Waals surface area contributed by atoms with Crippen molar-refractivity contribution in [3.8, 4) is 0 Å². The summed E-state index contributed by atoms with van der Waals surface area (Å²) in [5.41, 5.74) is 9.94. The van der Waals surface area contributed by atoms with Crippen molar-refractivity contribution in [2.24, 2.45) is 0 Å². The number of nitrogens with two attached hydrogens (primary N) is 1. The Kier molecular flexibility index (Phi) is 3.95. The number of anilines is 1. The van der Waals surface area contributed by atoms with Crippen molar-refractivity contribution >= 4 is 28.1 Å². The molecule has 0 spiro atoms. The van der Waals surface area contributed by atoms with E-state index < -0.39 is 17.0 Å². The average molecular weight is 331 g/mol. The topological polar surface area (TPSA) is 89.6 Å². The second-order valence-corrected chi connectivity index (χ2v) is 7.89. The van der Waals surface area contributed by atoms with Gasteiger partial charge in [0, 0.05) is 5.69 Å². The van der Waals surface area contributed by atoms with Crippen molar-refractivity contribution in [2.45, 2.75) is 31.1 Å². The highest BCUT2D eigenvalue weighted by atomic mass is 32.2. The highest BCUT2D eigenvalue weighted by molar-refractivity contribution is 7.90. The van der Waals surface area contributed by atoms with Crippen LogP contribution in [0.4, 0.5) is 5.69 Å². The first-order valence-electron chi connectivity index (χ1n) is 7.29. The summed E-state index contributed by atoms with van der Waals surface area (Å²) >= 11 is 0. The number of rotatable bonds is 3. The van der Waals surface area contributed by atoms with Gasteiger partial charge in [-0.15, -0.1) is 0 Å². The molecule has 1 aliphatic heterocycles. The van der Waals surface area contributed by atoms with E-state index in [0.717, 1.165) is 11.1 Å². The first kappa shape index (κ1) is 16.0. The number of nitrogen functional groups attached to an aromatic ring is 1. The third-order valence-electron chi connectivity index (χ3n) is 4.13.